The minimum absolute atomic E-state index is 0.240. The van der Waals surface area contributed by atoms with Gasteiger partial charge in [0, 0.05) is 5.39 Å². The van der Waals surface area contributed by atoms with Gasteiger partial charge in [-0.05, 0) is 41.5 Å². The highest BCUT2D eigenvalue weighted by atomic mass is 35.5. The second kappa shape index (κ2) is 4.61. The van der Waals surface area contributed by atoms with Gasteiger partial charge in [-0.3, -0.25) is 0 Å². The molecule has 0 unspecified atom stereocenters. The van der Waals surface area contributed by atoms with E-state index < -0.39 is 0 Å². The van der Waals surface area contributed by atoms with Crippen LogP contribution in [-0.2, 0) is 6.54 Å². The summed E-state index contributed by atoms with van der Waals surface area (Å²) in [6, 6.07) is 12.7. The molecule has 0 spiro atoms. The zero-order chi connectivity index (χ0) is 13.4. The van der Waals surface area contributed by atoms with Crippen LogP contribution < -0.4 is 5.73 Å². The number of hydrogen-bond donors (Lipinski definition) is 2. The first kappa shape index (κ1) is 12.1. The van der Waals surface area contributed by atoms with Crippen LogP contribution in [0.1, 0.15) is 5.76 Å². The smallest absolute Gasteiger partial charge is 0.152 e. The number of halogens is 1. The van der Waals surface area contributed by atoms with E-state index in [9.17, 15) is 5.11 Å². The molecule has 0 atom stereocenters. The summed E-state index contributed by atoms with van der Waals surface area (Å²) in [4.78, 5) is 0. The van der Waals surface area contributed by atoms with Crippen LogP contribution in [0.4, 0.5) is 0 Å². The predicted octanol–water partition coefficient (Wildman–Crippen LogP) is 3.92. The third-order valence-electron chi connectivity index (χ3n) is 3.02. The summed E-state index contributed by atoms with van der Waals surface area (Å²) in [7, 11) is 0. The molecule has 1 heterocycles. The average molecular weight is 274 g/mol. The van der Waals surface area contributed by atoms with E-state index in [1.807, 2.05) is 30.3 Å². The van der Waals surface area contributed by atoms with Crippen LogP contribution in [0, 0.1) is 0 Å². The normalized spacial score (nSPS) is 11.1. The van der Waals surface area contributed by atoms with Crippen molar-refractivity contribution in [2.24, 2.45) is 5.73 Å². The zero-order valence-corrected chi connectivity index (χ0v) is 10.8. The minimum atomic E-state index is 0.240. The fourth-order valence-corrected chi connectivity index (χ4v) is 2.35. The van der Waals surface area contributed by atoms with Crippen molar-refractivity contribution < 1.29 is 9.52 Å². The zero-order valence-electron chi connectivity index (χ0n) is 10.1. The Hall–Kier alpha value is -1.97. The van der Waals surface area contributed by atoms with E-state index in [4.69, 9.17) is 21.8 Å². The maximum atomic E-state index is 9.31. The summed E-state index contributed by atoms with van der Waals surface area (Å²) in [5.41, 5.74) is 8.18. The van der Waals surface area contributed by atoms with E-state index >= 15 is 0 Å². The maximum Gasteiger partial charge on any atom is 0.152 e. The van der Waals surface area contributed by atoms with Gasteiger partial charge >= 0.3 is 0 Å². The molecular weight excluding hydrogens is 262 g/mol. The molecule has 19 heavy (non-hydrogen) atoms. The Bertz CT molecular complexity index is 732. The van der Waals surface area contributed by atoms with Gasteiger partial charge in [0.2, 0.25) is 0 Å². The Morgan fingerprint density at radius 3 is 2.47 bits per heavy atom. The molecule has 96 valence electrons. The molecule has 3 rings (SSSR count). The van der Waals surface area contributed by atoms with Gasteiger partial charge in [-0.1, -0.05) is 23.7 Å². The average Bonchev–Trinajstić information content (AvgIpc) is 2.83. The largest absolute Gasteiger partial charge is 0.508 e. The van der Waals surface area contributed by atoms with Crippen LogP contribution in [0.15, 0.2) is 46.9 Å². The summed E-state index contributed by atoms with van der Waals surface area (Å²) in [6.45, 7) is 0.347. The number of aromatic hydroxyl groups is 1. The van der Waals surface area contributed by atoms with E-state index in [-0.39, 0.29) is 5.75 Å². The van der Waals surface area contributed by atoms with Gasteiger partial charge < -0.3 is 15.3 Å². The molecule has 2 aromatic carbocycles. The monoisotopic (exact) mass is 273 g/mol. The molecule has 1 aromatic heterocycles. The standard InChI is InChI=1S/C15H12ClNO2/c16-14-7-10(9-1-3-12(18)4-2-9)5-11-6-13(8-17)19-15(11)14/h1-7,18H,8,17H2. The van der Waals surface area contributed by atoms with Crippen LogP contribution in [0.3, 0.4) is 0 Å². The van der Waals surface area contributed by atoms with Crippen molar-refractivity contribution >= 4 is 22.6 Å². The second-order valence-electron chi connectivity index (χ2n) is 4.34. The number of furan rings is 1. The number of benzene rings is 2. The van der Waals surface area contributed by atoms with Crippen molar-refractivity contribution in [2.75, 3.05) is 0 Å². The molecule has 4 heteroatoms. The molecule has 0 saturated heterocycles. The highest BCUT2D eigenvalue weighted by molar-refractivity contribution is 6.35. The maximum absolute atomic E-state index is 9.31. The predicted molar refractivity (Wildman–Crippen MR) is 76.2 cm³/mol. The van der Waals surface area contributed by atoms with Crippen molar-refractivity contribution in [3.63, 3.8) is 0 Å². The Balaban J connectivity index is 2.17. The van der Waals surface area contributed by atoms with Crippen molar-refractivity contribution in [1.29, 1.82) is 0 Å². The van der Waals surface area contributed by atoms with Gasteiger partial charge in [0.15, 0.2) is 5.58 Å². The SMILES string of the molecule is NCc1cc2cc(-c3ccc(O)cc3)cc(Cl)c2o1. The molecule has 3 nitrogen and oxygen atoms in total. The minimum Gasteiger partial charge on any atom is -0.508 e. The number of nitrogens with two attached hydrogens (primary N) is 1. The molecular formula is C15H12ClNO2. The number of fused-ring (bicyclic) bond motifs is 1. The Morgan fingerprint density at radius 1 is 1.05 bits per heavy atom. The van der Waals surface area contributed by atoms with Gasteiger partial charge in [0.25, 0.3) is 0 Å². The molecule has 0 radical (unpaired) electrons. The Morgan fingerprint density at radius 2 is 1.79 bits per heavy atom. The Kier molecular flexibility index (Phi) is 2.93. The molecule has 0 aliphatic rings. The lowest BCUT2D eigenvalue weighted by atomic mass is 10.0. The quantitative estimate of drug-likeness (QED) is 0.744. The summed E-state index contributed by atoms with van der Waals surface area (Å²) in [5.74, 6) is 0.949. The first-order valence-electron chi connectivity index (χ1n) is 5.89. The molecule has 0 saturated carbocycles. The molecule has 0 amide bonds. The fraction of sp³-hybridized carbons (Fsp3) is 0.0667. The van der Waals surface area contributed by atoms with Crippen molar-refractivity contribution in [2.45, 2.75) is 6.54 Å². The van der Waals surface area contributed by atoms with Gasteiger partial charge in [-0.25, -0.2) is 0 Å². The summed E-state index contributed by atoms with van der Waals surface area (Å²) >= 11 is 6.23. The summed E-state index contributed by atoms with van der Waals surface area (Å²) in [5, 5.41) is 10.8. The van der Waals surface area contributed by atoms with E-state index in [2.05, 4.69) is 0 Å². The van der Waals surface area contributed by atoms with Crippen molar-refractivity contribution in [3.8, 4) is 16.9 Å². The van der Waals surface area contributed by atoms with Gasteiger partial charge in [-0.15, -0.1) is 0 Å². The molecule has 3 N–H and O–H groups in total. The molecule has 0 aliphatic carbocycles. The summed E-state index contributed by atoms with van der Waals surface area (Å²) in [6.07, 6.45) is 0. The van der Waals surface area contributed by atoms with Gasteiger partial charge in [0.05, 0.1) is 11.6 Å². The third-order valence-corrected chi connectivity index (χ3v) is 3.30. The van der Waals surface area contributed by atoms with Gasteiger partial charge in [0.1, 0.15) is 11.5 Å². The highest BCUT2D eigenvalue weighted by Gasteiger charge is 2.09. The first-order valence-corrected chi connectivity index (χ1v) is 6.26. The molecule has 0 aliphatic heterocycles. The lowest BCUT2D eigenvalue weighted by molar-refractivity contribution is 0.475. The van der Waals surface area contributed by atoms with Crippen LogP contribution in [0.5, 0.6) is 5.75 Å². The summed E-state index contributed by atoms with van der Waals surface area (Å²) < 4.78 is 5.56. The van der Waals surface area contributed by atoms with Crippen molar-refractivity contribution in [1.82, 2.24) is 0 Å². The fourth-order valence-electron chi connectivity index (χ4n) is 2.08. The topological polar surface area (TPSA) is 59.4 Å². The van der Waals surface area contributed by atoms with Crippen LogP contribution in [0.25, 0.3) is 22.1 Å². The lowest BCUT2D eigenvalue weighted by Crippen LogP contribution is -1.92. The van der Waals surface area contributed by atoms with E-state index in [1.54, 1.807) is 12.1 Å². The second-order valence-corrected chi connectivity index (χ2v) is 4.75. The molecule has 0 bridgehead atoms. The third kappa shape index (κ3) is 2.18. The number of phenols is 1. The van der Waals surface area contributed by atoms with Crippen LogP contribution in [0.2, 0.25) is 5.02 Å². The highest BCUT2D eigenvalue weighted by Crippen LogP contribution is 2.33. The van der Waals surface area contributed by atoms with E-state index in [0.29, 0.717) is 22.9 Å². The van der Waals surface area contributed by atoms with Crippen LogP contribution in [-0.4, -0.2) is 5.11 Å². The molecule has 3 aromatic rings. The number of rotatable bonds is 2. The van der Waals surface area contributed by atoms with E-state index in [0.717, 1.165) is 16.5 Å². The van der Waals surface area contributed by atoms with Gasteiger partial charge in [-0.2, -0.15) is 0 Å². The van der Waals surface area contributed by atoms with E-state index in [1.165, 1.54) is 0 Å². The molecule has 0 fully saturated rings. The van der Waals surface area contributed by atoms with Crippen LogP contribution >= 0.6 is 11.6 Å². The lowest BCUT2D eigenvalue weighted by Gasteiger charge is -2.03. The number of hydrogen-bond acceptors (Lipinski definition) is 3. The van der Waals surface area contributed by atoms with Crippen molar-refractivity contribution in [3.05, 3.63) is 53.2 Å². The number of phenolic OH excluding ortho intramolecular Hbond substituents is 1. The Labute approximate surface area is 115 Å². The first-order chi connectivity index (χ1) is 9.17.